The number of hydrogen-bond donors (Lipinski definition) is 0. The molecule has 0 fully saturated rings. The van der Waals surface area contributed by atoms with Crippen molar-refractivity contribution in [3.05, 3.63) is 30.1 Å². The maximum atomic E-state index is 5.53. The van der Waals surface area contributed by atoms with Crippen LogP contribution in [0.25, 0.3) is 0 Å². The van der Waals surface area contributed by atoms with Crippen LogP contribution in [0.3, 0.4) is 0 Å². The van der Waals surface area contributed by atoms with E-state index in [1.165, 1.54) is 0 Å². The molecule has 2 N–H and O–H groups in total. The van der Waals surface area contributed by atoms with Crippen molar-refractivity contribution in [2.24, 2.45) is 0 Å². The molecule has 0 bridgehead atoms. The third-order valence-electron chi connectivity index (χ3n) is 0.955. The maximum absolute atomic E-state index is 5.53. The smallest absolute Gasteiger partial charge is 0.232 e. The second-order valence-electron chi connectivity index (χ2n) is 1.71. The third kappa shape index (κ3) is 3.25. The number of nitrogens with zero attached hydrogens (tertiary/aromatic N) is 1. The average molecular weight is 214 g/mol. The number of rotatable bonds is 0. The van der Waals surface area contributed by atoms with Gasteiger partial charge in [-0.15, -0.1) is 0 Å². The molecule has 0 saturated carbocycles. The fourth-order valence-corrected chi connectivity index (χ4v) is 0.866. The lowest BCUT2D eigenvalue weighted by molar-refractivity contribution is 0.824. The van der Waals surface area contributed by atoms with E-state index in [9.17, 15) is 0 Å². The standard InChI is InChI=1S/C6H4Cl3N.H2O/c7-6(8,9)5-3-1-2-4-10-5;/h1-4H;1H2. The maximum Gasteiger partial charge on any atom is 0.232 e. The first kappa shape index (κ1) is 11.0. The van der Waals surface area contributed by atoms with Gasteiger partial charge in [0.15, 0.2) is 0 Å². The van der Waals surface area contributed by atoms with E-state index in [1.54, 1.807) is 24.4 Å². The van der Waals surface area contributed by atoms with E-state index in [0.29, 0.717) is 5.69 Å². The Hall–Kier alpha value is -0.0200. The summed E-state index contributed by atoms with van der Waals surface area (Å²) in [7, 11) is 0. The minimum absolute atomic E-state index is 0. The van der Waals surface area contributed by atoms with Gasteiger partial charge in [-0.3, -0.25) is 4.98 Å². The molecule has 0 aliphatic carbocycles. The molecule has 1 aromatic rings. The highest BCUT2D eigenvalue weighted by atomic mass is 35.6. The molecule has 2 nitrogen and oxygen atoms in total. The summed E-state index contributed by atoms with van der Waals surface area (Å²) in [4.78, 5) is 3.85. The van der Waals surface area contributed by atoms with Gasteiger partial charge in [0.1, 0.15) is 0 Å². The fraction of sp³-hybridized carbons (Fsp3) is 0.167. The monoisotopic (exact) mass is 213 g/mol. The van der Waals surface area contributed by atoms with Crippen molar-refractivity contribution in [3.63, 3.8) is 0 Å². The van der Waals surface area contributed by atoms with Crippen molar-refractivity contribution in [2.45, 2.75) is 3.79 Å². The normalized spacial score (nSPS) is 10.5. The topological polar surface area (TPSA) is 44.4 Å². The first-order valence-corrected chi connectivity index (χ1v) is 3.72. The Balaban J connectivity index is 0.000001000. The molecule has 0 radical (unpaired) electrons. The van der Waals surface area contributed by atoms with Crippen LogP contribution in [0, 0.1) is 0 Å². The molecule has 5 heteroatoms. The molecule has 0 amide bonds. The van der Waals surface area contributed by atoms with Crippen molar-refractivity contribution < 1.29 is 5.48 Å². The number of aromatic nitrogens is 1. The molecule has 0 saturated heterocycles. The van der Waals surface area contributed by atoms with E-state index < -0.39 is 3.79 Å². The molecular formula is C6H6Cl3NO. The minimum Gasteiger partial charge on any atom is -0.412 e. The van der Waals surface area contributed by atoms with Crippen molar-refractivity contribution >= 4 is 34.8 Å². The Kier molecular flexibility index (Phi) is 4.11. The largest absolute Gasteiger partial charge is 0.412 e. The van der Waals surface area contributed by atoms with E-state index in [0.717, 1.165) is 0 Å². The highest BCUT2D eigenvalue weighted by molar-refractivity contribution is 6.66. The van der Waals surface area contributed by atoms with Gasteiger partial charge < -0.3 is 5.48 Å². The molecule has 0 atom stereocenters. The van der Waals surface area contributed by atoms with Gasteiger partial charge in [-0.05, 0) is 12.1 Å². The molecule has 1 aromatic heterocycles. The predicted molar refractivity (Wildman–Crippen MR) is 47.1 cm³/mol. The molecule has 1 rings (SSSR count). The third-order valence-corrected chi connectivity index (χ3v) is 1.54. The van der Waals surface area contributed by atoms with Crippen LogP contribution in [0.15, 0.2) is 24.4 Å². The number of halogens is 3. The van der Waals surface area contributed by atoms with Crippen molar-refractivity contribution in [2.75, 3.05) is 0 Å². The summed E-state index contributed by atoms with van der Waals surface area (Å²) in [6, 6.07) is 5.19. The summed E-state index contributed by atoms with van der Waals surface area (Å²) < 4.78 is -1.40. The summed E-state index contributed by atoms with van der Waals surface area (Å²) in [6.07, 6.45) is 1.58. The summed E-state index contributed by atoms with van der Waals surface area (Å²) in [5.74, 6) is 0. The molecule has 11 heavy (non-hydrogen) atoms. The lowest BCUT2D eigenvalue weighted by atomic mass is 10.4. The Morgan fingerprint density at radius 3 is 2.09 bits per heavy atom. The second-order valence-corrected chi connectivity index (χ2v) is 3.99. The molecule has 62 valence electrons. The highest BCUT2D eigenvalue weighted by Gasteiger charge is 2.23. The van der Waals surface area contributed by atoms with Crippen LogP contribution in [0.2, 0.25) is 0 Å². The van der Waals surface area contributed by atoms with Gasteiger partial charge in [0.25, 0.3) is 0 Å². The fourth-order valence-electron chi connectivity index (χ4n) is 0.530. The zero-order valence-electron chi connectivity index (χ0n) is 5.39. The zero-order valence-corrected chi connectivity index (χ0v) is 7.66. The van der Waals surface area contributed by atoms with E-state index in [1.807, 2.05) is 0 Å². The minimum atomic E-state index is -1.40. The van der Waals surface area contributed by atoms with E-state index >= 15 is 0 Å². The van der Waals surface area contributed by atoms with Gasteiger partial charge in [0.05, 0.1) is 5.69 Å². The molecule has 0 aliphatic rings. The van der Waals surface area contributed by atoms with Gasteiger partial charge in [-0.25, -0.2) is 0 Å². The molecule has 0 unspecified atom stereocenters. The van der Waals surface area contributed by atoms with Gasteiger partial charge in [0.2, 0.25) is 3.79 Å². The highest BCUT2D eigenvalue weighted by Crippen LogP contribution is 2.36. The van der Waals surface area contributed by atoms with Crippen LogP contribution >= 0.6 is 34.8 Å². The van der Waals surface area contributed by atoms with E-state index in [4.69, 9.17) is 34.8 Å². The molecule has 0 aliphatic heterocycles. The molecule has 0 spiro atoms. The first-order chi connectivity index (χ1) is 4.61. The Bertz CT molecular complexity index is 209. The lowest BCUT2D eigenvalue weighted by Crippen LogP contribution is -2.01. The number of hydrogen-bond acceptors (Lipinski definition) is 1. The van der Waals surface area contributed by atoms with Crippen LogP contribution < -0.4 is 0 Å². The van der Waals surface area contributed by atoms with Gasteiger partial charge in [0, 0.05) is 6.20 Å². The summed E-state index contributed by atoms with van der Waals surface area (Å²) in [5.41, 5.74) is 0.444. The first-order valence-electron chi connectivity index (χ1n) is 2.59. The Morgan fingerprint density at radius 2 is 1.82 bits per heavy atom. The second kappa shape index (κ2) is 4.12. The van der Waals surface area contributed by atoms with Crippen molar-refractivity contribution in [3.8, 4) is 0 Å². The average Bonchev–Trinajstić information content (AvgIpc) is 1.88. The van der Waals surface area contributed by atoms with E-state index in [2.05, 4.69) is 4.98 Å². The van der Waals surface area contributed by atoms with Crippen LogP contribution in [0.1, 0.15) is 5.69 Å². The molecule has 1 heterocycles. The van der Waals surface area contributed by atoms with Crippen LogP contribution in [0.4, 0.5) is 0 Å². The zero-order chi connectivity index (χ0) is 7.61. The van der Waals surface area contributed by atoms with Crippen LogP contribution in [-0.2, 0) is 3.79 Å². The van der Waals surface area contributed by atoms with E-state index in [-0.39, 0.29) is 5.48 Å². The number of alkyl halides is 3. The number of pyridine rings is 1. The lowest BCUT2D eigenvalue weighted by Gasteiger charge is -2.07. The van der Waals surface area contributed by atoms with Crippen LogP contribution in [0.5, 0.6) is 0 Å². The Labute approximate surface area is 79.4 Å². The summed E-state index contributed by atoms with van der Waals surface area (Å²) >= 11 is 16.6. The summed E-state index contributed by atoms with van der Waals surface area (Å²) in [6.45, 7) is 0. The van der Waals surface area contributed by atoms with Gasteiger partial charge >= 0.3 is 0 Å². The molecule has 0 aromatic carbocycles. The van der Waals surface area contributed by atoms with Crippen molar-refractivity contribution in [1.29, 1.82) is 0 Å². The van der Waals surface area contributed by atoms with Gasteiger partial charge in [-0.1, -0.05) is 40.9 Å². The molecular weight excluding hydrogens is 208 g/mol. The van der Waals surface area contributed by atoms with Gasteiger partial charge in [-0.2, -0.15) is 0 Å². The van der Waals surface area contributed by atoms with Crippen molar-refractivity contribution in [1.82, 2.24) is 4.98 Å². The SMILES string of the molecule is ClC(Cl)(Cl)c1ccccn1.O. The Morgan fingerprint density at radius 1 is 1.18 bits per heavy atom. The predicted octanol–water partition coefficient (Wildman–Crippen LogP) is 2.08. The summed E-state index contributed by atoms with van der Waals surface area (Å²) in [5, 5.41) is 0. The quantitative estimate of drug-likeness (QED) is 0.610. The van der Waals surface area contributed by atoms with Crippen LogP contribution in [-0.4, -0.2) is 10.5 Å².